The van der Waals surface area contributed by atoms with Crippen molar-refractivity contribution in [3.63, 3.8) is 0 Å². The zero-order chi connectivity index (χ0) is 52.6. The Bertz CT molecular complexity index is 2650. The Morgan fingerprint density at radius 1 is 0.613 bits per heavy atom. The third-order valence-corrected chi connectivity index (χ3v) is 16.2. The van der Waals surface area contributed by atoms with Crippen LogP contribution in [0.15, 0.2) is 73.1 Å². The van der Waals surface area contributed by atoms with Crippen molar-refractivity contribution in [2.24, 2.45) is 17.8 Å². The summed E-state index contributed by atoms with van der Waals surface area (Å²) in [5.74, 6) is -0.974. The van der Waals surface area contributed by atoms with Gasteiger partial charge in [-0.05, 0) is 113 Å². The van der Waals surface area contributed by atoms with Crippen LogP contribution in [0.25, 0.3) is 0 Å². The zero-order valence-electron chi connectivity index (χ0n) is 42.8. The van der Waals surface area contributed by atoms with Gasteiger partial charge in [0.2, 0.25) is 11.8 Å². The van der Waals surface area contributed by atoms with E-state index in [0.717, 1.165) is 41.4 Å². The Morgan fingerprint density at radius 2 is 1.11 bits per heavy atom. The van der Waals surface area contributed by atoms with E-state index in [-0.39, 0.29) is 24.9 Å². The van der Waals surface area contributed by atoms with Crippen molar-refractivity contribution < 1.29 is 45.4 Å². The highest BCUT2D eigenvalue weighted by Crippen LogP contribution is 2.47. The lowest BCUT2D eigenvalue weighted by atomic mass is 9.84. The molecule has 4 aliphatic heterocycles. The topological polar surface area (TPSA) is 131 Å². The molecule has 404 valence electrons. The minimum atomic E-state index is -4.73. The number of nitrogens with one attached hydrogen (secondary N) is 3. The number of amides is 2. The first-order valence-electron chi connectivity index (χ1n) is 26.7. The summed E-state index contributed by atoms with van der Waals surface area (Å²) >= 11 is 0. The van der Waals surface area contributed by atoms with E-state index in [0.29, 0.717) is 119 Å². The van der Waals surface area contributed by atoms with Crippen LogP contribution in [-0.2, 0) is 32.2 Å². The lowest BCUT2D eigenvalue weighted by Gasteiger charge is -2.41. The molecular weight excluding hydrogens is 979 g/mol. The summed E-state index contributed by atoms with van der Waals surface area (Å²) in [5.41, 5.74) is 5.46. The van der Waals surface area contributed by atoms with Gasteiger partial charge in [-0.25, -0.2) is 9.97 Å². The third-order valence-electron chi connectivity index (χ3n) is 16.2. The quantitative estimate of drug-likeness (QED) is 0.124. The van der Waals surface area contributed by atoms with Crippen LogP contribution in [0, 0.1) is 17.8 Å². The summed E-state index contributed by atoms with van der Waals surface area (Å²) in [5, 5.41) is 9.31. The van der Waals surface area contributed by atoms with Crippen molar-refractivity contribution in [3.8, 4) is 0 Å². The number of aromatic nitrogens is 2. The molecule has 1 unspecified atom stereocenters. The van der Waals surface area contributed by atoms with E-state index in [4.69, 9.17) is 14.5 Å². The largest absolute Gasteiger partial charge is 0.405 e. The van der Waals surface area contributed by atoms with E-state index in [1.165, 1.54) is 20.8 Å². The number of rotatable bonds is 11. The van der Waals surface area contributed by atoms with E-state index in [1.54, 1.807) is 45.3 Å². The van der Waals surface area contributed by atoms with Gasteiger partial charge in [0.25, 0.3) is 0 Å². The fourth-order valence-corrected chi connectivity index (χ4v) is 12.1. The average molecular weight is 1050 g/mol. The van der Waals surface area contributed by atoms with Crippen molar-refractivity contribution in [1.29, 1.82) is 0 Å². The molecule has 2 amide bonds. The van der Waals surface area contributed by atoms with Crippen LogP contribution in [0.2, 0.25) is 0 Å². The number of carbonyl (C=O) groups is 2. The molecule has 2 saturated heterocycles. The number of carbonyl (C=O) groups excluding carboxylic acids is 2. The van der Waals surface area contributed by atoms with Crippen LogP contribution in [0.1, 0.15) is 83.3 Å². The van der Waals surface area contributed by atoms with E-state index < -0.39 is 60.3 Å². The van der Waals surface area contributed by atoms with Gasteiger partial charge in [0.1, 0.15) is 23.7 Å². The Kier molecular flexibility index (Phi) is 15.5. The van der Waals surface area contributed by atoms with Crippen molar-refractivity contribution >= 4 is 57.6 Å². The maximum absolute atomic E-state index is 15.9. The predicted octanol–water partition coefficient (Wildman–Crippen LogP) is 9.63. The Balaban J connectivity index is 0.900. The van der Waals surface area contributed by atoms with E-state index >= 15 is 18.0 Å². The average Bonchev–Trinajstić information content (AvgIpc) is 3.71. The molecule has 0 bridgehead atoms. The van der Waals surface area contributed by atoms with Gasteiger partial charge in [0.15, 0.2) is 0 Å². The minimum absolute atomic E-state index is 0.0306. The highest BCUT2D eigenvalue weighted by atomic mass is 19.4. The lowest BCUT2D eigenvalue weighted by Crippen LogP contribution is -2.58. The van der Waals surface area contributed by atoms with Gasteiger partial charge in [-0.3, -0.25) is 9.59 Å². The molecule has 2 saturated carbocycles. The molecule has 6 heterocycles. The highest BCUT2D eigenvalue weighted by molar-refractivity contribution is 6.02. The molecule has 4 fully saturated rings. The van der Waals surface area contributed by atoms with Gasteiger partial charge in [-0.15, -0.1) is 0 Å². The lowest BCUT2D eigenvalue weighted by molar-refractivity contribution is -0.168. The van der Waals surface area contributed by atoms with Crippen molar-refractivity contribution in [2.75, 3.05) is 82.4 Å². The number of fused-ring (bicyclic) bond motifs is 4. The first kappa shape index (κ1) is 52.7. The molecule has 6 aliphatic rings. The molecule has 2 aromatic heterocycles. The monoisotopic (exact) mass is 1050 g/mol. The second-order valence-electron chi connectivity index (χ2n) is 21.4. The number of nitrogens with zero attached hydrogens (tertiary/aromatic N) is 7. The van der Waals surface area contributed by atoms with Gasteiger partial charge in [0, 0.05) is 85.0 Å². The SMILES string of the molecule is CC(C)[C@H](N[C@H]1CC[C@@H](C(=O)N2Cc3cccnc3N(C(C)[C@@H](N[C@H]3CC[C@H](C(=O)N4Cc5cccnc5Nc5ccc(N6CCOCC6)cc54)CC3)C(F)(F)F)c3ccc(N4CCOCC4)cc32)CC1)C(F)(F)F. The molecule has 10 rings (SSSR count). The second-order valence-corrected chi connectivity index (χ2v) is 21.4. The fourth-order valence-electron chi connectivity index (χ4n) is 12.1. The van der Waals surface area contributed by atoms with Gasteiger partial charge in [0.05, 0.1) is 68.3 Å². The number of pyridine rings is 2. The number of benzene rings is 2. The molecule has 2 aromatic carbocycles. The number of hydrogen-bond acceptors (Lipinski definition) is 12. The number of anilines is 8. The first-order valence-corrected chi connectivity index (χ1v) is 26.7. The molecule has 3 N–H and O–H groups in total. The van der Waals surface area contributed by atoms with E-state index in [1.807, 2.05) is 42.5 Å². The molecule has 0 spiro atoms. The molecule has 0 radical (unpaired) electrons. The number of morpholine rings is 2. The summed E-state index contributed by atoms with van der Waals surface area (Å²) in [4.78, 5) is 48.5. The third kappa shape index (κ3) is 11.4. The number of alkyl halides is 6. The maximum atomic E-state index is 15.9. The van der Waals surface area contributed by atoms with Crippen LogP contribution in [-0.4, -0.2) is 117 Å². The van der Waals surface area contributed by atoms with Crippen LogP contribution in [0.5, 0.6) is 0 Å². The Labute approximate surface area is 434 Å². The Hall–Kier alpha value is -5.70. The molecular formula is C55H68F6N10O4. The molecule has 2 aliphatic carbocycles. The molecule has 14 nitrogen and oxygen atoms in total. The standard InChI is InChI=1S/C55H68F6N10O4/c1-34(2)48(54(56,57)58)64-40-12-8-37(9-13-40)53(73)70-33-39-7-5-21-63-51(39)71(45-19-17-43(31-47(45)70)68-24-28-75-29-25-68)35(3)49(55(59,60)61)65-41-14-10-36(11-15-41)52(72)69-32-38-6-4-20-62-50(38)66-44-18-16-42(30-46(44)69)67-22-26-74-27-23-67/h4-7,16-21,30-31,34-37,40-41,48-49,64-65H,8-15,22-29,32-33H2,1-3H3,(H,62,66)/t35?,36-,37-,40+,41-,48-,49+/m0/s1. The van der Waals surface area contributed by atoms with Crippen LogP contribution >= 0.6 is 0 Å². The minimum Gasteiger partial charge on any atom is -0.378 e. The van der Waals surface area contributed by atoms with Gasteiger partial charge >= 0.3 is 12.4 Å². The zero-order valence-corrected chi connectivity index (χ0v) is 42.8. The number of halogens is 6. The predicted molar refractivity (Wildman–Crippen MR) is 277 cm³/mol. The molecule has 3 atom stereocenters. The number of hydrogen-bond donors (Lipinski definition) is 3. The molecule has 75 heavy (non-hydrogen) atoms. The maximum Gasteiger partial charge on any atom is 0.405 e. The van der Waals surface area contributed by atoms with E-state index in [9.17, 15) is 18.0 Å². The summed E-state index contributed by atoms with van der Waals surface area (Å²) in [6.45, 7) is 9.72. The molecule has 4 aromatic rings. The van der Waals surface area contributed by atoms with Crippen molar-refractivity contribution in [3.05, 3.63) is 84.2 Å². The van der Waals surface area contributed by atoms with Crippen LogP contribution in [0.3, 0.4) is 0 Å². The normalized spacial score (nSPS) is 23.7. The fraction of sp³-hybridized carbons (Fsp3) is 0.564. The van der Waals surface area contributed by atoms with Gasteiger partial charge in [-0.1, -0.05) is 26.0 Å². The summed E-state index contributed by atoms with van der Waals surface area (Å²) in [6.07, 6.45) is -3.01. The second kappa shape index (κ2) is 22.1. The van der Waals surface area contributed by atoms with Crippen molar-refractivity contribution in [1.82, 2.24) is 20.6 Å². The molecule has 20 heteroatoms. The number of ether oxygens (including phenoxy) is 2. The first-order chi connectivity index (χ1) is 36.0. The van der Waals surface area contributed by atoms with Crippen LogP contribution < -0.4 is 40.4 Å². The summed E-state index contributed by atoms with van der Waals surface area (Å²) < 4.78 is 101. The van der Waals surface area contributed by atoms with Gasteiger partial charge < -0.3 is 49.9 Å². The van der Waals surface area contributed by atoms with E-state index in [2.05, 4.69) is 30.7 Å². The van der Waals surface area contributed by atoms with Crippen molar-refractivity contribution in [2.45, 2.75) is 128 Å². The van der Waals surface area contributed by atoms with Crippen LogP contribution in [0.4, 0.5) is 72.1 Å². The highest BCUT2D eigenvalue weighted by Gasteiger charge is 2.49. The Morgan fingerprint density at radius 3 is 1.67 bits per heavy atom. The van der Waals surface area contributed by atoms with Gasteiger partial charge in [-0.2, -0.15) is 26.3 Å². The smallest absolute Gasteiger partial charge is 0.378 e. The summed E-state index contributed by atoms with van der Waals surface area (Å²) in [7, 11) is 0. The summed E-state index contributed by atoms with van der Waals surface area (Å²) in [6, 6.07) is 12.8.